The van der Waals surface area contributed by atoms with Crippen LogP contribution in [0.2, 0.25) is 0 Å². The van der Waals surface area contributed by atoms with Crippen LogP contribution in [-0.2, 0) is 10.8 Å². The van der Waals surface area contributed by atoms with Gasteiger partial charge < -0.3 is 4.90 Å². The van der Waals surface area contributed by atoms with Crippen LogP contribution in [0.5, 0.6) is 0 Å². The second-order valence-electron chi connectivity index (χ2n) is 5.22. The van der Waals surface area contributed by atoms with Crippen molar-refractivity contribution in [2.45, 2.75) is 31.4 Å². The quantitative estimate of drug-likeness (QED) is 0.850. The zero-order chi connectivity index (χ0) is 15.0. The van der Waals surface area contributed by atoms with Gasteiger partial charge in [0.05, 0.1) is 4.75 Å². The summed E-state index contributed by atoms with van der Waals surface area (Å²) < 4.78 is 13.5. The van der Waals surface area contributed by atoms with Crippen LogP contribution < -0.4 is 10.5 Å². The first-order valence-corrected chi connectivity index (χ1v) is 9.21. The number of hydrogen-bond acceptors (Lipinski definition) is 6. The minimum Gasteiger partial charge on any atom is -0.344 e. The molecule has 2 aromatic rings. The van der Waals surface area contributed by atoms with Crippen molar-refractivity contribution in [3.63, 3.8) is 0 Å². The van der Waals surface area contributed by atoms with Gasteiger partial charge in [0, 0.05) is 41.9 Å². The molecule has 3 heterocycles. The van der Waals surface area contributed by atoms with E-state index in [0.29, 0.717) is 17.3 Å². The molecule has 1 atom stereocenters. The maximum Gasteiger partial charge on any atom is 0.275 e. The zero-order valence-corrected chi connectivity index (χ0v) is 13.7. The number of hydrogen-bond donors (Lipinski definition) is 0. The van der Waals surface area contributed by atoms with Gasteiger partial charge in [-0.25, -0.2) is 4.98 Å². The van der Waals surface area contributed by atoms with E-state index in [0.717, 1.165) is 24.5 Å². The summed E-state index contributed by atoms with van der Waals surface area (Å²) in [6.45, 7) is 5.62. The summed E-state index contributed by atoms with van der Waals surface area (Å²) in [6.07, 6.45) is 3.28. The van der Waals surface area contributed by atoms with E-state index in [1.807, 2.05) is 0 Å². The highest BCUT2D eigenvalue weighted by molar-refractivity contribution is 7.86. The van der Waals surface area contributed by atoms with E-state index in [-0.39, 0.29) is 10.3 Å². The molecule has 1 saturated heterocycles. The highest BCUT2D eigenvalue weighted by atomic mass is 32.2. The third-order valence-electron chi connectivity index (χ3n) is 4.23. The highest BCUT2D eigenvalue weighted by Gasteiger charge is 2.39. The monoisotopic (exact) mass is 326 g/mol. The Labute approximate surface area is 129 Å². The van der Waals surface area contributed by atoms with Crippen molar-refractivity contribution >= 4 is 32.2 Å². The van der Waals surface area contributed by atoms with E-state index in [1.165, 1.54) is 28.1 Å². The molecule has 114 valence electrons. The Kier molecular flexibility index (Phi) is 3.83. The zero-order valence-electron chi connectivity index (χ0n) is 12.1. The molecule has 21 heavy (non-hydrogen) atoms. The molecule has 0 spiro atoms. The fraction of sp³-hybridized carbons (Fsp3) is 0.615. The summed E-state index contributed by atoms with van der Waals surface area (Å²) in [5.74, 6) is 0.653. The summed E-state index contributed by atoms with van der Waals surface area (Å²) >= 11 is 1.41. The first kappa shape index (κ1) is 14.6. The second-order valence-corrected chi connectivity index (χ2v) is 8.12. The average molecular weight is 326 g/mol. The third kappa shape index (κ3) is 2.40. The molecular weight excluding hydrogens is 308 g/mol. The van der Waals surface area contributed by atoms with Crippen LogP contribution in [0, 0.1) is 0 Å². The van der Waals surface area contributed by atoms with Crippen LogP contribution in [-0.4, -0.2) is 42.4 Å². The van der Waals surface area contributed by atoms with Gasteiger partial charge in [-0.3, -0.25) is 9.00 Å². The van der Waals surface area contributed by atoms with E-state index in [1.54, 1.807) is 0 Å². The Morgan fingerprint density at radius 3 is 2.86 bits per heavy atom. The number of fused-ring (bicyclic) bond motifs is 1. The van der Waals surface area contributed by atoms with E-state index >= 15 is 0 Å². The molecule has 0 N–H and O–H groups in total. The smallest absolute Gasteiger partial charge is 0.275 e. The Bertz CT molecular complexity index is 735. The van der Waals surface area contributed by atoms with Crippen molar-refractivity contribution in [3.05, 3.63) is 22.6 Å². The number of aromatic nitrogens is 3. The van der Waals surface area contributed by atoms with E-state index in [4.69, 9.17) is 0 Å². The highest BCUT2D eigenvalue weighted by Crippen LogP contribution is 2.32. The fourth-order valence-electron chi connectivity index (χ4n) is 2.73. The lowest BCUT2D eigenvalue weighted by molar-refractivity contribution is 0.495. The standard InChI is InChI=1S/C13H18N4O2S2/c1-3-13(4-2)9-16(7-8-21(13)19)12-15-17-10(18)5-6-14-11(17)20-12/h5-6H,3-4,7-9H2,1-2H3. The Morgan fingerprint density at radius 2 is 2.19 bits per heavy atom. The lowest BCUT2D eigenvalue weighted by atomic mass is 10.0. The fourth-order valence-corrected chi connectivity index (χ4v) is 5.39. The largest absolute Gasteiger partial charge is 0.344 e. The molecule has 0 amide bonds. The molecule has 0 bridgehead atoms. The molecule has 2 aromatic heterocycles. The lowest BCUT2D eigenvalue weighted by Crippen LogP contribution is -2.53. The summed E-state index contributed by atoms with van der Waals surface area (Å²) in [5, 5.41) is 5.17. The predicted molar refractivity (Wildman–Crippen MR) is 85.7 cm³/mol. The maximum atomic E-state index is 12.4. The predicted octanol–water partition coefficient (Wildman–Crippen LogP) is 1.28. The molecule has 8 heteroatoms. The molecule has 3 rings (SSSR count). The number of rotatable bonds is 3. The van der Waals surface area contributed by atoms with Crippen LogP contribution in [0.1, 0.15) is 26.7 Å². The average Bonchev–Trinajstić information content (AvgIpc) is 2.94. The van der Waals surface area contributed by atoms with E-state index < -0.39 is 10.8 Å². The van der Waals surface area contributed by atoms with Crippen molar-refractivity contribution < 1.29 is 4.21 Å². The van der Waals surface area contributed by atoms with Gasteiger partial charge in [0.25, 0.3) is 5.56 Å². The summed E-state index contributed by atoms with van der Waals surface area (Å²) in [5.41, 5.74) is -0.166. The summed E-state index contributed by atoms with van der Waals surface area (Å²) in [4.78, 5) is 18.7. The normalized spacial score (nSPS) is 21.8. The molecule has 6 nitrogen and oxygen atoms in total. The molecule has 0 saturated carbocycles. The van der Waals surface area contributed by atoms with Crippen molar-refractivity contribution in [1.29, 1.82) is 0 Å². The van der Waals surface area contributed by atoms with Crippen molar-refractivity contribution in [2.75, 3.05) is 23.7 Å². The molecule has 1 fully saturated rings. The van der Waals surface area contributed by atoms with Gasteiger partial charge in [-0.1, -0.05) is 25.2 Å². The minimum atomic E-state index is -0.802. The molecule has 0 aliphatic carbocycles. The molecular formula is C13H18N4O2S2. The lowest BCUT2D eigenvalue weighted by Gasteiger charge is -2.40. The van der Waals surface area contributed by atoms with Gasteiger partial charge in [-0.2, -0.15) is 4.52 Å². The van der Waals surface area contributed by atoms with Gasteiger partial charge in [-0.05, 0) is 12.8 Å². The summed E-state index contributed by atoms with van der Waals surface area (Å²) in [6, 6.07) is 1.41. The van der Waals surface area contributed by atoms with Gasteiger partial charge >= 0.3 is 0 Å². The van der Waals surface area contributed by atoms with Gasteiger partial charge in [0.1, 0.15) is 0 Å². The molecule has 0 aromatic carbocycles. The van der Waals surface area contributed by atoms with E-state index in [2.05, 4.69) is 28.8 Å². The first-order chi connectivity index (χ1) is 10.1. The summed E-state index contributed by atoms with van der Waals surface area (Å²) in [7, 11) is -0.802. The molecule has 1 aliphatic rings. The van der Waals surface area contributed by atoms with E-state index in [9.17, 15) is 9.00 Å². The van der Waals surface area contributed by atoms with Crippen molar-refractivity contribution in [1.82, 2.24) is 14.6 Å². The van der Waals surface area contributed by atoms with Crippen LogP contribution in [0.25, 0.3) is 4.96 Å². The first-order valence-electron chi connectivity index (χ1n) is 7.08. The topological polar surface area (TPSA) is 67.6 Å². The van der Waals surface area contributed by atoms with Crippen LogP contribution in [0.3, 0.4) is 0 Å². The number of nitrogens with zero attached hydrogens (tertiary/aromatic N) is 4. The Hall–Kier alpha value is -1.28. The minimum absolute atomic E-state index is 0.166. The maximum absolute atomic E-state index is 12.4. The van der Waals surface area contributed by atoms with Crippen LogP contribution in [0.15, 0.2) is 17.1 Å². The van der Waals surface area contributed by atoms with Gasteiger partial charge in [0.15, 0.2) is 0 Å². The van der Waals surface area contributed by atoms with Crippen molar-refractivity contribution in [2.24, 2.45) is 0 Å². The van der Waals surface area contributed by atoms with Gasteiger partial charge in [-0.15, -0.1) is 5.10 Å². The second kappa shape index (κ2) is 5.49. The Balaban J connectivity index is 1.97. The molecule has 1 unspecified atom stereocenters. The number of anilines is 1. The molecule has 0 radical (unpaired) electrons. The van der Waals surface area contributed by atoms with Crippen LogP contribution >= 0.6 is 11.3 Å². The SMILES string of the molecule is CCC1(CC)CN(c2nn3c(=O)ccnc3s2)CCS1=O. The molecule has 1 aliphatic heterocycles. The Morgan fingerprint density at radius 1 is 1.43 bits per heavy atom. The van der Waals surface area contributed by atoms with Crippen LogP contribution in [0.4, 0.5) is 5.13 Å². The van der Waals surface area contributed by atoms with Crippen molar-refractivity contribution in [3.8, 4) is 0 Å². The van der Waals surface area contributed by atoms with Gasteiger partial charge in [0.2, 0.25) is 10.1 Å². The third-order valence-corrected chi connectivity index (χ3v) is 7.44.